The number of fused-ring (bicyclic) bond motifs is 1. The first-order chi connectivity index (χ1) is 17.1. The summed E-state index contributed by atoms with van der Waals surface area (Å²) in [5, 5.41) is 3.03. The summed E-state index contributed by atoms with van der Waals surface area (Å²) in [7, 11) is 0. The summed E-state index contributed by atoms with van der Waals surface area (Å²) in [6, 6.07) is 24.4. The molecule has 1 amide bonds. The zero-order chi connectivity index (χ0) is 24.2. The van der Waals surface area contributed by atoms with Gasteiger partial charge in [-0.1, -0.05) is 48.0 Å². The van der Waals surface area contributed by atoms with Crippen LogP contribution in [0, 0.1) is 6.92 Å². The minimum atomic E-state index is -0.100. The standard InChI is InChI=1S/C29H33N5O/c1-3-34-27-13-12-25(30-29(35)24-11-7-8-22(2)18-24)19-26(27)31-28(34)21-33-16-14-32(15-17-33)20-23-9-5-4-6-10-23/h4-13,18-19H,3,14-17,20-21H2,1-2H3,(H,30,35). The molecule has 180 valence electrons. The Morgan fingerprint density at radius 1 is 0.886 bits per heavy atom. The highest BCUT2D eigenvalue weighted by Crippen LogP contribution is 2.23. The van der Waals surface area contributed by atoms with Crippen molar-refractivity contribution in [1.82, 2.24) is 19.4 Å². The van der Waals surface area contributed by atoms with Gasteiger partial charge in [0.05, 0.1) is 17.6 Å². The maximum Gasteiger partial charge on any atom is 0.255 e. The topological polar surface area (TPSA) is 53.4 Å². The number of amides is 1. The largest absolute Gasteiger partial charge is 0.327 e. The van der Waals surface area contributed by atoms with Crippen LogP contribution in [-0.2, 0) is 19.6 Å². The summed E-state index contributed by atoms with van der Waals surface area (Å²) >= 11 is 0. The molecule has 6 heteroatoms. The fourth-order valence-electron chi connectivity index (χ4n) is 4.87. The molecule has 5 rings (SSSR count). The summed E-state index contributed by atoms with van der Waals surface area (Å²) in [5.74, 6) is 0.984. The van der Waals surface area contributed by atoms with E-state index in [0.29, 0.717) is 5.56 Å². The molecular weight excluding hydrogens is 434 g/mol. The number of hydrogen-bond acceptors (Lipinski definition) is 4. The van der Waals surface area contributed by atoms with Gasteiger partial charge >= 0.3 is 0 Å². The second kappa shape index (κ2) is 10.4. The molecule has 0 spiro atoms. The predicted molar refractivity (Wildman–Crippen MR) is 142 cm³/mol. The predicted octanol–water partition coefficient (Wildman–Crippen LogP) is 4.93. The van der Waals surface area contributed by atoms with Gasteiger partial charge in [-0.15, -0.1) is 0 Å². The SMILES string of the molecule is CCn1c(CN2CCN(Cc3ccccc3)CC2)nc2cc(NC(=O)c3cccc(C)c3)ccc21. The van der Waals surface area contributed by atoms with Crippen molar-refractivity contribution in [2.24, 2.45) is 0 Å². The molecule has 0 atom stereocenters. The lowest BCUT2D eigenvalue weighted by molar-refractivity contribution is 0.102. The van der Waals surface area contributed by atoms with E-state index in [4.69, 9.17) is 4.98 Å². The van der Waals surface area contributed by atoms with Crippen LogP contribution in [0.1, 0.15) is 34.2 Å². The van der Waals surface area contributed by atoms with Gasteiger partial charge in [-0.3, -0.25) is 14.6 Å². The molecule has 6 nitrogen and oxygen atoms in total. The highest BCUT2D eigenvalue weighted by atomic mass is 16.1. The van der Waals surface area contributed by atoms with Crippen molar-refractivity contribution >= 4 is 22.6 Å². The Kier molecular flexibility index (Phi) is 6.93. The molecule has 0 saturated carbocycles. The zero-order valence-corrected chi connectivity index (χ0v) is 20.6. The number of rotatable bonds is 7. The van der Waals surface area contributed by atoms with Crippen LogP contribution in [0.4, 0.5) is 5.69 Å². The van der Waals surface area contributed by atoms with Crippen LogP contribution in [0.3, 0.4) is 0 Å². The number of carbonyl (C=O) groups excluding carboxylic acids is 1. The van der Waals surface area contributed by atoms with Crippen molar-refractivity contribution in [3.63, 3.8) is 0 Å². The van der Waals surface area contributed by atoms with E-state index < -0.39 is 0 Å². The van der Waals surface area contributed by atoms with E-state index in [-0.39, 0.29) is 5.91 Å². The van der Waals surface area contributed by atoms with Gasteiger partial charge in [0.1, 0.15) is 5.82 Å². The van der Waals surface area contributed by atoms with E-state index in [2.05, 4.69) is 63.0 Å². The lowest BCUT2D eigenvalue weighted by Gasteiger charge is -2.34. The van der Waals surface area contributed by atoms with Gasteiger partial charge in [0.2, 0.25) is 0 Å². The molecule has 1 aliphatic rings. The molecule has 0 aliphatic carbocycles. The van der Waals surface area contributed by atoms with Gasteiger partial charge in [-0.05, 0) is 49.7 Å². The van der Waals surface area contributed by atoms with E-state index in [0.717, 1.165) is 73.9 Å². The van der Waals surface area contributed by atoms with Crippen molar-refractivity contribution in [2.75, 3.05) is 31.5 Å². The van der Waals surface area contributed by atoms with Crippen LogP contribution in [0.25, 0.3) is 11.0 Å². The van der Waals surface area contributed by atoms with Gasteiger partial charge in [-0.2, -0.15) is 0 Å². The van der Waals surface area contributed by atoms with Crippen LogP contribution in [-0.4, -0.2) is 51.4 Å². The molecule has 1 fully saturated rings. The summed E-state index contributed by atoms with van der Waals surface area (Å²) in [6.07, 6.45) is 0. The third-order valence-corrected chi connectivity index (χ3v) is 6.76. The van der Waals surface area contributed by atoms with E-state index >= 15 is 0 Å². The Labute approximate surface area is 207 Å². The lowest BCUT2D eigenvalue weighted by atomic mass is 10.1. The summed E-state index contributed by atoms with van der Waals surface area (Å²) in [6.45, 7) is 11.1. The van der Waals surface area contributed by atoms with Crippen molar-refractivity contribution < 1.29 is 4.79 Å². The molecule has 0 bridgehead atoms. The van der Waals surface area contributed by atoms with Gasteiger partial charge < -0.3 is 9.88 Å². The average Bonchev–Trinajstić information content (AvgIpc) is 3.22. The minimum absolute atomic E-state index is 0.100. The summed E-state index contributed by atoms with van der Waals surface area (Å²) < 4.78 is 2.29. The first kappa shape index (κ1) is 23.3. The molecule has 4 aromatic rings. The lowest BCUT2D eigenvalue weighted by Crippen LogP contribution is -2.45. The number of benzene rings is 3. The molecule has 0 unspecified atom stereocenters. The zero-order valence-electron chi connectivity index (χ0n) is 20.6. The first-order valence-electron chi connectivity index (χ1n) is 12.4. The monoisotopic (exact) mass is 467 g/mol. The third-order valence-electron chi connectivity index (χ3n) is 6.76. The summed E-state index contributed by atoms with van der Waals surface area (Å²) in [5.41, 5.74) is 5.91. The highest BCUT2D eigenvalue weighted by Gasteiger charge is 2.20. The Balaban J connectivity index is 1.25. The normalized spacial score (nSPS) is 14.9. The Hall–Kier alpha value is -3.48. The first-order valence-corrected chi connectivity index (χ1v) is 12.4. The van der Waals surface area contributed by atoms with Crippen LogP contribution in [0.15, 0.2) is 72.8 Å². The molecule has 1 N–H and O–H groups in total. The van der Waals surface area contributed by atoms with Crippen LogP contribution in [0.2, 0.25) is 0 Å². The second-order valence-corrected chi connectivity index (χ2v) is 9.34. The van der Waals surface area contributed by atoms with Gasteiger partial charge in [0, 0.05) is 50.5 Å². The van der Waals surface area contributed by atoms with Crippen LogP contribution >= 0.6 is 0 Å². The Bertz CT molecular complexity index is 1310. The van der Waals surface area contributed by atoms with Crippen molar-refractivity contribution in [3.05, 3.63) is 95.3 Å². The number of imidazole rings is 1. The van der Waals surface area contributed by atoms with Crippen LogP contribution < -0.4 is 5.32 Å². The second-order valence-electron chi connectivity index (χ2n) is 9.34. The average molecular weight is 468 g/mol. The minimum Gasteiger partial charge on any atom is -0.327 e. The van der Waals surface area contributed by atoms with Gasteiger partial charge in [0.15, 0.2) is 0 Å². The van der Waals surface area contributed by atoms with Crippen molar-refractivity contribution in [1.29, 1.82) is 0 Å². The van der Waals surface area contributed by atoms with Crippen molar-refractivity contribution in [3.8, 4) is 0 Å². The smallest absolute Gasteiger partial charge is 0.255 e. The Morgan fingerprint density at radius 3 is 2.34 bits per heavy atom. The molecule has 2 heterocycles. The number of piperazine rings is 1. The molecular formula is C29H33N5O. The molecule has 3 aromatic carbocycles. The number of aryl methyl sites for hydroxylation is 2. The number of hydrogen-bond donors (Lipinski definition) is 1. The molecule has 1 saturated heterocycles. The summed E-state index contributed by atoms with van der Waals surface area (Å²) in [4.78, 5) is 22.7. The van der Waals surface area contributed by atoms with Gasteiger partial charge in [0.25, 0.3) is 5.91 Å². The van der Waals surface area contributed by atoms with Crippen LogP contribution in [0.5, 0.6) is 0 Å². The highest BCUT2D eigenvalue weighted by molar-refractivity contribution is 6.05. The number of carbonyl (C=O) groups is 1. The Morgan fingerprint density at radius 2 is 1.63 bits per heavy atom. The maximum atomic E-state index is 12.7. The molecule has 0 radical (unpaired) electrons. The van der Waals surface area contributed by atoms with Gasteiger partial charge in [-0.25, -0.2) is 4.98 Å². The van der Waals surface area contributed by atoms with Crippen molar-refractivity contribution in [2.45, 2.75) is 33.5 Å². The number of nitrogens with zero attached hydrogens (tertiary/aromatic N) is 4. The van der Waals surface area contributed by atoms with E-state index in [9.17, 15) is 4.79 Å². The molecule has 35 heavy (non-hydrogen) atoms. The number of nitrogens with one attached hydrogen (secondary N) is 1. The fraction of sp³-hybridized carbons (Fsp3) is 0.310. The quantitative estimate of drug-likeness (QED) is 0.419. The fourth-order valence-corrected chi connectivity index (χ4v) is 4.87. The molecule has 1 aromatic heterocycles. The van der Waals surface area contributed by atoms with E-state index in [1.54, 1.807) is 0 Å². The molecule has 1 aliphatic heterocycles. The third kappa shape index (κ3) is 5.45. The van der Waals surface area contributed by atoms with E-state index in [1.807, 2.05) is 43.3 Å². The van der Waals surface area contributed by atoms with E-state index in [1.165, 1.54) is 5.56 Å². The maximum absolute atomic E-state index is 12.7. The number of aromatic nitrogens is 2. The number of anilines is 1.